The van der Waals surface area contributed by atoms with Gasteiger partial charge in [-0.1, -0.05) is 6.07 Å². The molecule has 0 aliphatic rings. The maximum atomic E-state index is 12.7. The zero-order valence-electron chi connectivity index (χ0n) is 17.0. The van der Waals surface area contributed by atoms with Gasteiger partial charge in [-0.25, -0.2) is 9.97 Å². The lowest BCUT2D eigenvalue weighted by Gasteiger charge is -2.21. The molecule has 2 N–H and O–H groups in total. The van der Waals surface area contributed by atoms with Crippen LogP contribution in [0.2, 0.25) is 0 Å². The van der Waals surface area contributed by atoms with Gasteiger partial charge in [-0.05, 0) is 63.2 Å². The molecule has 2 heterocycles. The molecule has 7 heteroatoms. The average molecular weight is 390 g/mol. The van der Waals surface area contributed by atoms with Crippen LogP contribution in [0.1, 0.15) is 35.7 Å². The Bertz CT molecular complexity index is 939. The van der Waals surface area contributed by atoms with Gasteiger partial charge in [-0.3, -0.25) is 9.78 Å². The summed E-state index contributed by atoms with van der Waals surface area (Å²) in [7, 11) is 0. The minimum atomic E-state index is -0.271. The topological polar surface area (TPSA) is 83.0 Å². The second kappa shape index (κ2) is 9.64. The van der Waals surface area contributed by atoms with E-state index in [1.54, 1.807) is 12.3 Å². The third-order valence-electron chi connectivity index (χ3n) is 4.49. The molecule has 1 amide bonds. The zero-order valence-corrected chi connectivity index (χ0v) is 17.0. The van der Waals surface area contributed by atoms with Crippen LogP contribution in [0.25, 0.3) is 0 Å². The summed E-state index contributed by atoms with van der Waals surface area (Å²) in [5, 5.41) is 6.02. The summed E-state index contributed by atoms with van der Waals surface area (Å²) in [5.74, 6) is 0.129. The van der Waals surface area contributed by atoms with E-state index in [0.717, 1.165) is 30.2 Å². The molecule has 2 aromatic heterocycles. The lowest BCUT2D eigenvalue weighted by atomic mass is 10.2. The first-order valence-corrected chi connectivity index (χ1v) is 9.75. The Labute approximate surface area is 171 Å². The number of carbonyl (C=O) groups is 1. The van der Waals surface area contributed by atoms with Crippen molar-refractivity contribution in [1.82, 2.24) is 15.0 Å². The summed E-state index contributed by atoms with van der Waals surface area (Å²) >= 11 is 0. The maximum Gasteiger partial charge on any atom is 0.274 e. The Morgan fingerprint density at radius 1 is 1.03 bits per heavy atom. The molecule has 3 rings (SSSR count). The second-order valence-electron chi connectivity index (χ2n) is 6.57. The fraction of sp³-hybridized carbons (Fsp3) is 0.273. The molecule has 150 valence electrons. The minimum absolute atomic E-state index is 0.271. The summed E-state index contributed by atoms with van der Waals surface area (Å²) in [4.78, 5) is 27.9. The molecule has 0 radical (unpaired) electrons. The van der Waals surface area contributed by atoms with Gasteiger partial charge < -0.3 is 15.5 Å². The van der Waals surface area contributed by atoms with Crippen LogP contribution in [-0.2, 0) is 6.54 Å². The van der Waals surface area contributed by atoms with Crippen LogP contribution in [0.15, 0.2) is 54.7 Å². The van der Waals surface area contributed by atoms with Gasteiger partial charge in [-0.15, -0.1) is 0 Å². The van der Waals surface area contributed by atoms with E-state index in [0.29, 0.717) is 23.9 Å². The number of amides is 1. The fourth-order valence-electron chi connectivity index (χ4n) is 2.98. The van der Waals surface area contributed by atoms with Crippen LogP contribution in [0, 0.1) is 6.92 Å². The van der Waals surface area contributed by atoms with Crippen molar-refractivity contribution in [1.29, 1.82) is 0 Å². The molecular weight excluding hydrogens is 364 g/mol. The molecule has 3 aromatic rings. The maximum absolute atomic E-state index is 12.7. The van der Waals surface area contributed by atoms with Gasteiger partial charge in [-0.2, -0.15) is 0 Å². The Balaban J connectivity index is 1.68. The number of hydrogen-bond donors (Lipinski definition) is 2. The Kier molecular flexibility index (Phi) is 6.73. The summed E-state index contributed by atoms with van der Waals surface area (Å²) in [6.07, 6.45) is 1.73. The molecule has 0 fully saturated rings. The summed E-state index contributed by atoms with van der Waals surface area (Å²) in [6.45, 7) is 8.45. The molecule has 29 heavy (non-hydrogen) atoms. The van der Waals surface area contributed by atoms with Crippen LogP contribution in [0.5, 0.6) is 0 Å². The van der Waals surface area contributed by atoms with Gasteiger partial charge in [0, 0.05) is 36.4 Å². The third-order valence-corrected chi connectivity index (χ3v) is 4.49. The predicted molar refractivity (Wildman–Crippen MR) is 116 cm³/mol. The van der Waals surface area contributed by atoms with Crippen LogP contribution in [0.4, 0.5) is 17.3 Å². The first-order chi connectivity index (χ1) is 14.1. The van der Waals surface area contributed by atoms with Gasteiger partial charge >= 0.3 is 0 Å². The molecule has 0 unspecified atom stereocenters. The van der Waals surface area contributed by atoms with E-state index in [1.165, 1.54) is 0 Å². The third kappa shape index (κ3) is 5.51. The number of nitrogens with one attached hydrogen (secondary N) is 2. The number of nitrogens with zero attached hydrogens (tertiary/aromatic N) is 4. The summed E-state index contributed by atoms with van der Waals surface area (Å²) in [6, 6.07) is 15.2. The molecule has 0 aliphatic heterocycles. The van der Waals surface area contributed by atoms with Gasteiger partial charge in [0.2, 0.25) is 5.95 Å². The van der Waals surface area contributed by atoms with Crippen molar-refractivity contribution >= 4 is 23.2 Å². The highest BCUT2D eigenvalue weighted by molar-refractivity contribution is 6.03. The van der Waals surface area contributed by atoms with E-state index in [1.807, 2.05) is 49.4 Å². The van der Waals surface area contributed by atoms with E-state index in [9.17, 15) is 4.79 Å². The monoisotopic (exact) mass is 390 g/mol. The number of hydrogen-bond acceptors (Lipinski definition) is 6. The smallest absolute Gasteiger partial charge is 0.274 e. The first kappa shape index (κ1) is 20.3. The summed E-state index contributed by atoms with van der Waals surface area (Å²) < 4.78 is 0. The molecule has 7 nitrogen and oxygen atoms in total. The largest absolute Gasteiger partial charge is 0.372 e. The number of aromatic nitrogens is 3. The quantitative estimate of drug-likeness (QED) is 0.607. The van der Waals surface area contributed by atoms with Crippen LogP contribution < -0.4 is 15.5 Å². The normalized spacial score (nSPS) is 10.4. The second-order valence-corrected chi connectivity index (χ2v) is 6.57. The van der Waals surface area contributed by atoms with Crippen molar-refractivity contribution in [2.24, 2.45) is 0 Å². The van der Waals surface area contributed by atoms with Crippen molar-refractivity contribution in [2.75, 3.05) is 28.6 Å². The highest BCUT2D eigenvalue weighted by atomic mass is 16.1. The molecule has 0 spiro atoms. The number of anilines is 3. The number of pyridine rings is 1. The average Bonchev–Trinajstić information content (AvgIpc) is 2.74. The van der Waals surface area contributed by atoms with E-state index >= 15 is 0 Å². The first-order valence-electron chi connectivity index (χ1n) is 9.75. The standard InChI is InChI=1S/C22H26N6O/c1-4-28(5-2)19-11-9-17(10-12-19)26-21(29)20-14-16(3)25-22(27-20)24-15-18-8-6-7-13-23-18/h6-14H,4-5,15H2,1-3H3,(H,26,29)(H,24,25,27). The lowest BCUT2D eigenvalue weighted by Crippen LogP contribution is -2.21. The molecule has 1 aromatic carbocycles. The Morgan fingerprint density at radius 2 is 1.79 bits per heavy atom. The van der Waals surface area contributed by atoms with Crippen molar-refractivity contribution in [3.63, 3.8) is 0 Å². The molecule has 0 saturated carbocycles. The Morgan fingerprint density at radius 3 is 2.45 bits per heavy atom. The van der Waals surface area contributed by atoms with E-state index in [4.69, 9.17) is 0 Å². The molecule has 0 bridgehead atoms. The van der Waals surface area contributed by atoms with Crippen molar-refractivity contribution in [3.05, 3.63) is 71.8 Å². The highest BCUT2D eigenvalue weighted by Gasteiger charge is 2.12. The Hall–Kier alpha value is -3.48. The number of benzene rings is 1. The van der Waals surface area contributed by atoms with Crippen LogP contribution in [-0.4, -0.2) is 33.9 Å². The highest BCUT2D eigenvalue weighted by Crippen LogP contribution is 2.18. The minimum Gasteiger partial charge on any atom is -0.372 e. The van der Waals surface area contributed by atoms with Crippen LogP contribution >= 0.6 is 0 Å². The molecule has 0 atom stereocenters. The number of rotatable bonds is 8. The van der Waals surface area contributed by atoms with E-state index < -0.39 is 0 Å². The van der Waals surface area contributed by atoms with Crippen molar-refractivity contribution < 1.29 is 4.79 Å². The van der Waals surface area contributed by atoms with Gasteiger partial charge in [0.25, 0.3) is 5.91 Å². The van der Waals surface area contributed by atoms with Gasteiger partial charge in [0.05, 0.1) is 12.2 Å². The van der Waals surface area contributed by atoms with Crippen molar-refractivity contribution in [2.45, 2.75) is 27.3 Å². The van der Waals surface area contributed by atoms with E-state index in [2.05, 4.69) is 44.3 Å². The number of aryl methyl sites for hydroxylation is 1. The van der Waals surface area contributed by atoms with Crippen LogP contribution in [0.3, 0.4) is 0 Å². The number of carbonyl (C=O) groups excluding carboxylic acids is 1. The predicted octanol–water partition coefficient (Wildman–Crippen LogP) is 3.89. The van der Waals surface area contributed by atoms with Crippen molar-refractivity contribution in [3.8, 4) is 0 Å². The molecule has 0 saturated heterocycles. The van der Waals surface area contributed by atoms with E-state index in [-0.39, 0.29) is 5.91 Å². The lowest BCUT2D eigenvalue weighted by molar-refractivity contribution is 0.102. The fourth-order valence-corrected chi connectivity index (χ4v) is 2.98. The molecular formula is C22H26N6O. The van der Waals surface area contributed by atoms with Gasteiger partial charge in [0.1, 0.15) is 5.69 Å². The SMILES string of the molecule is CCN(CC)c1ccc(NC(=O)c2cc(C)nc(NCc3ccccn3)n2)cc1. The summed E-state index contributed by atoms with van der Waals surface area (Å²) in [5.41, 5.74) is 3.76. The molecule has 0 aliphatic carbocycles. The zero-order chi connectivity index (χ0) is 20.6. The van der Waals surface area contributed by atoms with Gasteiger partial charge in [0.15, 0.2) is 0 Å².